The van der Waals surface area contributed by atoms with Crippen LogP contribution in [0.1, 0.15) is 0 Å². The molecule has 5 aromatic carbocycles. The van der Waals surface area contributed by atoms with Gasteiger partial charge in [-0.3, -0.25) is 4.57 Å². The van der Waals surface area contributed by atoms with Gasteiger partial charge in [-0.1, -0.05) is 91.0 Å². The van der Waals surface area contributed by atoms with Crippen LogP contribution in [0.5, 0.6) is 0 Å². The molecule has 0 aliphatic heterocycles. The summed E-state index contributed by atoms with van der Waals surface area (Å²) >= 11 is 1.74. The zero-order valence-corrected chi connectivity index (χ0v) is 21.2. The molecule has 0 aliphatic rings. The Balaban J connectivity index is 1.52. The minimum Gasteiger partial charge on any atom is -0.292 e. The van der Waals surface area contributed by atoms with E-state index in [1.165, 1.54) is 32.0 Å². The topological polar surface area (TPSA) is 30.7 Å². The van der Waals surface area contributed by atoms with E-state index in [0.717, 1.165) is 38.3 Å². The number of pyridine rings is 1. The van der Waals surface area contributed by atoms with Crippen molar-refractivity contribution in [3.05, 3.63) is 128 Å². The molecular formula is C34H21N3S. The molecule has 0 spiro atoms. The predicted molar refractivity (Wildman–Crippen MR) is 160 cm³/mol. The van der Waals surface area contributed by atoms with Gasteiger partial charge in [0.1, 0.15) is 10.7 Å². The highest BCUT2D eigenvalue weighted by atomic mass is 32.1. The third-order valence-electron chi connectivity index (χ3n) is 7.30. The van der Waals surface area contributed by atoms with E-state index in [1.807, 2.05) is 12.3 Å². The average Bonchev–Trinajstić information content (AvgIpc) is 3.57. The Morgan fingerprint density at radius 1 is 0.579 bits per heavy atom. The van der Waals surface area contributed by atoms with Gasteiger partial charge in [-0.15, -0.1) is 11.3 Å². The van der Waals surface area contributed by atoms with Crippen LogP contribution in [0.15, 0.2) is 128 Å². The van der Waals surface area contributed by atoms with Gasteiger partial charge in [0, 0.05) is 38.2 Å². The minimum atomic E-state index is 0.942. The number of rotatable bonds is 3. The first-order valence-corrected chi connectivity index (χ1v) is 13.5. The zero-order valence-electron chi connectivity index (χ0n) is 20.4. The number of imidazole rings is 1. The van der Waals surface area contributed by atoms with Gasteiger partial charge in [-0.2, -0.15) is 0 Å². The lowest BCUT2D eigenvalue weighted by molar-refractivity contribution is 1.11. The van der Waals surface area contributed by atoms with Crippen LogP contribution in [0.25, 0.3) is 70.3 Å². The van der Waals surface area contributed by atoms with Crippen molar-refractivity contribution in [2.75, 3.05) is 0 Å². The SMILES string of the molecule is c1ccc(-c2ccccc2-n2c(-c3cccc4c3sc3ncccc34)nc3c4ccccc4ccc32)cc1. The Hall–Kier alpha value is -4.80. The molecule has 178 valence electrons. The Bertz CT molecular complexity index is 2140. The molecule has 0 N–H and O–H groups in total. The molecule has 0 saturated heterocycles. The number of hydrogen-bond donors (Lipinski definition) is 0. The van der Waals surface area contributed by atoms with E-state index in [1.54, 1.807) is 11.3 Å². The van der Waals surface area contributed by atoms with E-state index in [2.05, 4.69) is 125 Å². The summed E-state index contributed by atoms with van der Waals surface area (Å²) in [6, 6.07) is 42.8. The summed E-state index contributed by atoms with van der Waals surface area (Å²) in [5.41, 5.74) is 6.69. The van der Waals surface area contributed by atoms with Gasteiger partial charge in [0.15, 0.2) is 0 Å². The number of thiophene rings is 1. The molecule has 38 heavy (non-hydrogen) atoms. The maximum atomic E-state index is 5.39. The largest absolute Gasteiger partial charge is 0.292 e. The molecule has 0 amide bonds. The quantitative estimate of drug-likeness (QED) is 0.240. The highest BCUT2D eigenvalue weighted by Crippen LogP contribution is 2.42. The second-order valence-corrected chi connectivity index (χ2v) is 10.4. The molecule has 0 fully saturated rings. The maximum Gasteiger partial charge on any atom is 0.147 e. The summed E-state index contributed by atoms with van der Waals surface area (Å²) in [6.45, 7) is 0. The third kappa shape index (κ3) is 3.14. The molecular weight excluding hydrogens is 482 g/mol. The van der Waals surface area contributed by atoms with E-state index in [9.17, 15) is 0 Å². The smallest absolute Gasteiger partial charge is 0.147 e. The van der Waals surface area contributed by atoms with E-state index < -0.39 is 0 Å². The van der Waals surface area contributed by atoms with Crippen LogP contribution in [0, 0.1) is 0 Å². The van der Waals surface area contributed by atoms with Crippen molar-refractivity contribution in [2.45, 2.75) is 0 Å². The molecule has 0 radical (unpaired) electrons. The van der Waals surface area contributed by atoms with E-state index in [0.29, 0.717) is 0 Å². The van der Waals surface area contributed by atoms with Crippen molar-refractivity contribution in [2.24, 2.45) is 0 Å². The number of benzene rings is 5. The molecule has 3 heterocycles. The first-order valence-electron chi connectivity index (χ1n) is 12.7. The molecule has 0 aliphatic carbocycles. The van der Waals surface area contributed by atoms with E-state index in [4.69, 9.17) is 4.98 Å². The summed E-state index contributed by atoms with van der Waals surface area (Å²) in [5, 5.41) is 4.76. The highest BCUT2D eigenvalue weighted by molar-refractivity contribution is 7.26. The molecule has 8 aromatic rings. The molecule has 0 atom stereocenters. The van der Waals surface area contributed by atoms with Crippen LogP contribution in [0.4, 0.5) is 0 Å². The maximum absolute atomic E-state index is 5.39. The fourth-order valence-corrected chi connectivity index (χ4v) is 6.73. The standard InChI is InChI=1S/C34H21N3S/c1-2-10-22(11-3-1)24-13-6-7-18-29(24)37-30-20-19-23-12-4-5-14-25(23)31(30)36-33(37)28-16-8-15-26-27-17-9-21-35-34(27)38-32(26)28/h1-21H. The van der Waals surface area contributed by atoms with Gasteiger partial charge in [-0.25, -0.2) is 9.97 Å². The fraction of sp³-hybridized carbons (Fsp3) is 0. The lowest BCUT2D eigenvalue weighted by Gasteiger charge is -2.15. The van der Waals surface area contributed by atoms with Crippen LogP contribution in [-0.2, 0) is 0 Å². The number of aromatic nitrogens is 3. The first-order chi connectivity index (χ1) is 18.9. The van der Waals surface area contributed by atoms with Crippen molar-refractivity contribution in [3.8, 4) is 28.2 Å². The van der Waals surface area contributed by atoms with Crippen LogP contribution >= 0.6 is 11.3 Å². The molecule has 8 rings (SSSR count). The van der Waals surface area contributed by atoms with Gasteiger partial charge in [-0.05, 0) is 41.3 Å². The van der Waals surface area contributed by atoms with Gasteiger partial charge in [0.2, 0.25) is 0 Å². The van der Waals surface area contributed by atoms with Crippen molar-refractivity contribution < 1.29 is 0 Å². The molecule has 4 heteroatoms. The monoisotopic (exact) mass is 503 g/mol. The van der Waals surface area contributed by atoms with Crippen LogP contribution in [0.3, 0.4) is 0 Å². The molecule has 0 bridgehead atoms. The highest BCUT2D eigenvalue weighted by Gasteiger charge is 2.21. The minimum absolute atomic E-state index is 0.942. The number of para-hydroxylation sites is 1. The summed E-state index contributed by atoms with van der Waals surface area (Å²) < 4.78 is 3.55. The third-order valence-corrected chi connectivity index (χ3v) is 8.46. The lowest BCUT2D eigenvalue weighted by atomic mass is 10.0. The van der Waals surface area contributed by atoms with Gasteiger partial charge < -0.3 is 0 Å². The first kappa shape index (κ1) is 21.3. The molecule has 3 aromatic heterocycles. The Labute approximate surface area is 223 Å². The average molecular weight is 504 g/mol. The van der Waals surface area contributed by atoms with Gasteiger partial charge >= 0.3 is 0 Å². The van der Waals surface area contributed by atoms with Crippen LogP contribution < -0.4 is 0 Å². The van der Waals surface area contributed by atoms with Crippen molar-refractivity contribution in [1.82, 2.24) is 14.5 Å². The Morgan fingerprint density at radius 3 is 2.29 bits per heavy atom. The second-order valence-electron chi connectivity index (χ2n) is 9.45. The van der Waals surface area contributed by atoms with Crippen molar-refractivity contribution >= 4 is 53.4 Å². The zero-order chi connectivity index (χ0) is 25.1. The second kappa shape index (κ2) is 8.37. The fourth-order valence-electron chi connectivity index (χ4n) is 5.58. The van der Waals surface area contributed by atoms with Gasteiger partial charge in [0.25, 0.3) is 0 Å². The Kier molecular flexibility index (Phi) is 4.69. The predicted octanol–water partition coefficient (Wildman–Crippen LogP) is 9.28. The normalized spacial score (nSPS) is 11.7. The number of nitrogens with zero attached hydrogens (tertiary/aromatic N) is 3. The summed E-state index contributed by atoms with van der Waals surface area (Å²) in [6.07, 6.45) is 1.87. The van der Waals surface area contributed by atoms with Crippen LogP contribution in [0.2, 0.25) is 0 Å². The molecule has 0 saturated carbocycles. The van der Waals surface area contributed by atoms with Gasteiger partial charge in [0.05, 0.1) is 16.7 Å². The van der Waals surface area contributed by atoms with Crippen LogP contribution in [-0.4, -0.2) is 14.5 Å². The molecule has 3 nitrogen and oxygen atoms in total. The molecule has 0 unspecified atom stereocenters. The van der Waals surface area contributed by atoms with E-state index in [-0.39, 0.29) is 0 Å². The van der Waals surface area contributed by atoms with Crippen molar-refractivity contribution in [1.29, 1.82) is 0 Å². The summed E-state index contributed by atoms with van der Waals surface area (Å²) in [4.78, 5) is 11.1. The summed E-state index contributed by atoms with van der Waals surface area (Å²) in [5.74, 6) is 0.942. The summed E-state index contributed by atoms with van der Waals surface area (Å²) in [7, 11) is 0. The lowest BCUT2D eigenvalue weighted by Crippen LogP contribution is -2.00. The van der Waals surface area contributed by atoms with Crippen molar-refractivity contribution in [3.63, 3.8) is 0 Å². The number of hydrogen-bond acceptors (Lipinski definition) is 3. The Morgan fingerprint density at radius 2 is 1.34 bits per heavy atom. The number of fused-ring (bicyclic) bond motifs is 6. The van der Waals surface area contributed by atoms with E-state index >= 15 is 0 Å².